The van der Waals surface area contributed by atoms with Crippen LogP contribution >= 0.6 is 0 Å². The van der Waals surface area contributed by atoms with Crippen LogP contribution in [0.4, 0.5) is 0 Å². The molecule has 3 aliphatic heterocycles. The van der Waals surface area contributed by atoms with Gasteiger partial charge in [-0.25, -0.2) is 13.4 Å². The monoisotopic (exact) mass is 462 g/mol. The maximum Gasteiger partial charge on any atom is 0.243 e. The van der Waals surface area contributed by atoms with Crippen molar-refractivity contribution < 1.29 is 13.2 Å². The maximum atomic E-state index is 13.2. The number of carbonyl (C=O) groups is 1. The van der Waals surface area contributed by atoms with E-state index in [0.717, 1.165) is 45.3 Å². The van der Waals surface area contributed by atoms with Gasteiger partial charge in [-0.15, -0.1) is 0 Å². The third-order valence-corrected chi connectivity index (χ3v) is 9.83. The summed E-state index contributed by atoms with van der Waals surface area (Å²) in [7, 11) is -3.41. The summed E-state index contributed by atoms with van der Waals surface area (Å²) in [5, 5.41) is 2.31. The number of hydrazine groups is 1. The molecule has 8 heteroatoms. The molecule has 32 heavy (non-hydrogen) atoms. The van der Waals surface area contributed by atoms with E-state index < -0.39 is 10.0 Å². The molecule has 0 aliphatic carbocycles. The van der Waals surface area contributed by atoms with E-state index in [1.165, 1.54) is 0 Å². The second kappa shape index (κ2) is 9.79. The van der Waals surface area contributed by atoms with Crippen LogP contribution in [0.5, 0.6) is 0 Å². The van der Waals surface area contributed by atoms with E-state index in [1.807, 2.05) is 24.8 Å². The number of nitrogens with one attached hydrogen (secondary N) is 1. The molecular weight excluding hydrogens is 424 g/mol. The van der Waals surface area contributed by atoms with Crippen molar-refractivity contribution in [1.82, 2.24) is 19.6 Å². The Hall–Kier alpha value is -1.48. The maximum absolute atomic E-state index is 13.2. The molecule has 0 aromatic heterocycles. The molecule has 0 spiro atoms. The Morgan fingerprint density at radius 2 is 1.66 bits per heavy atom. The van der Waals surface area contributed by atoms with Gasteiger partial charge in [0.25, 0.3) is 0 Å². The molecule has 4 atom stereocenters. The largest absolute Gasteiger partial charge is 0.343 e. The summed E-state index contributed by atoms with van der Waals surface area (Å²) in [6.45, 7) is 9.87. The number of rotatable bonds is 6. The van der Waals surface area contributed by atoms with Crippen molar-refractivity contribution in [2.24, 2.45) is 17.8 Å². The lowest BCUT2D eigenvalue weighted by Gasteiger charge is -2.42. The van der Waals surface area contributed by atoms with Gasteiger partial charge in [-0.1, -0.05) is 18.2 Å². The van der Waals surface area contributed by atoms with Gasteiger partial charge in [0.15, 0.2) is 0 Å². The second-order valence-corrected chi connectivity index (χ2v) is 11.5. The van der Waals surface area contributed by atoms with Gasteiger partial charge < -0.3 is 4.90 Å². The Balaban J connectivity index is 1.39. The SMILES string of the molecule is CCN(CC)C(=O)C1C(C)NN2CCC(C3CCN(S(=O)(=O)c4ccccc4)CC3)CC12. The lowest BCUT2D eigenvalue weighted by molar-refractivity contribution is -0.136. The van der Waals surface area contributed by atoms with Crippen LogP contribution in [0.3, 0.4) is 0 Å². The smallest absolute Gasteiger partial charge is 0.243 e. The molecule has 0 bridgehead atoms. The normalized spacial score (nSPS) is 30.2. The number of piperidine rings is 2. The predicted octanol–water partition coefficient (Wildman–Crippen LogP) is 2.56. The van der Waals surface area contributed by atoms with E-state index in [0.29, 0.717) is 29.8 Å². The number of hydrogen-bond donors (Lipinski definition) is 1. The Kier molecular flexibility index (Phi) is 7.24. The van der Waals surface area contributed by atoms with Gasteiger partial charge in [0.1, 0.15) is 0 Å². The van der Waals surface area contributed by atoms with Crippen LogP contribution in [0, 0.1) is 17.8 Å². The first-order valence-electron chi connectivity index (χ1n) is 12.2. The Morgan fingerprint density at radius 3 is 2.28 bits per heavy atom. The molecule has 3 saturated heterocycles. The highest BCUT2D eigenvalue weighted by Crippen LogP contribution is 2.40. The molecule has 3 fully saturated rings. The summed E-state index contributed by atoms with van der Waals surface area (Å²) in [6.07, 6.45) is 3.94. The molecule has 3 aliphatic rings. The number of benzene rings is 1. The van der Waals surface area contributed by atoms with Crippen molar-refractivity contribution in [3.05, 3.63) is 30.3 Å². The molecule has 4 unspecified atom stereocenters. The number of nitrogens with zero attached hydrogens (tertiary/aromatic N) is 3. The predicted molar refractivity (Wildman–Crippen MR) is 125 cm³/mol. The number of fused-ring (bicyclic) bond motifs is 1. The van der Waals surface area contributed by atoms with E-state index >= 15 is 0 Å². The topological polar surface area (TPSA) is 73.0 Å². The molecule has 3 heterocycles. The van der Waals surface area contributed by atoms with Crippen LogP contribution in [0.15, 0.2) is 35.2 Å². The molecule has 1 N–H and O–H groups in total. The summed E-state index contributed by atoms with van der Waals surface area (Å²) in [6, 6.07) is 9.15. The third-order valence-electron chi connectivity index (χ3n) is 7.91. The van der Waals surface area contributed by atoms with Gasteiger partial charge in [-0.2, -0.15) is 4.31 Å². The number of amides is 1. The summed E-state index contributed by atoms with van der Waals surface area (Å²) >= 11 is 0. The van der Waals surface area contributed by atoms with Gasteiger partial charge in [-0.3, -0.25) is 10.2 Å². The van der Waals surface area contributed by atoms with Crippen LogP contribution in [-0.4, -0.2) is 73.3 Å². The summed E-state index contributed by atoms with van der Waals surface area (Å²) in [5.41, 5.74) is 3.56. The van der Waals surface area contributed by atoms with Crippen LogP contribution in [0.2, 0.25) is 0 Å². The van der Waals surface area contributed by atoms with E-state index in [4.69, 9.17) is 0 Å². The molecule has 1 aromatic rings. The number of hydrogen-bond acceptors (Lipinski definition) is 5. The van der Waals surface area contributed by atoms with Crippen LogP contribution < -0.4 is 5.43 Å². The van der Waals surface area contributed by atoms with Crippen LogP contribution in [0.1, 0.15) is 46.5 Å². The first-order chi connectivity index (χ1) is 15.4. The van der Waals surface area contributed by atoms with E-state index in [2.05, 4.69) is 17.4 Å². The molecule has 1 amide bonds. The molecule has 4 rings (SSSR count). The fourth-order valence-electron chi connectivity index (χ4n) is 6.08. The van der Waals surface area contributed by atoms with Gasteiger partial charge >= 0.3 is 0 Å². The minimum absolute atomic E-state index is 0.00347. The lowest BCUT2D eigenvalue weighted by Crippen LogP contribution is -2.49. The average molecular weight is 463 g/mol. The van der Waals surface area contributed by atoms with Gasteiger partial charge in [0, 0.05) is 44.8 Å². The number of sulfonamides is 1. The van der Waals surface area contributed by atoms with E-state index in [1.54, 1.807) is 28.6 Å². The van der Waals surface area contributed by atoms with Crippen molar-refractivity contribution in [2.45, 2.75) is 63.4 Å². The van der Waals surface area contributed by atoms with Crippen LogP contribution in [-0.2, 0) is 14.8 Å². The summed E-state index contributed by atoms with van der Waals surface area (Å²) in [4.78, 5) is 15.6. The van der Waals surface area contributed by atoms with Crippen molar-refractivity contribution in [1.29, 1.82) is 0 Å². The second-order valence-electron chi connectivity index (χ2n) is 9.55. The lowest BCUT2D eigenvalue weighted by atomic mass is 9.74. The zero-order valence-electron chi connectivity index (χ0n) is 19.6. The van der Waals surface area contributed by atoms with E-state index in [-0.39, 0.29) is 23.9 Å². The van der Waals surface area contributed by atoms with Crippen molar-refractivity contribution in [2.75, 3.05) is 32.7 Å². The molecule has 0 saturated carbocycles. The highest BCUT2D eigenvalue weighted by atomic mass is 32.2. The first-order valence-corrected chi connectivity index (χ1v) is 13.7. The summed E-state index contributed by atoms with van der Waals surface area (Å²) in [5.74, 6) is 1.35. The van der Waals surface area contributed by atoms with Gasteiger partial charge in [-0.05, 0) is 70.4 Å². The Bertz CT molecular complexity index is 882. The quantitative estimate of drug-likeness (QED) is 0.703. The third kappa shape index (κ3) is 4.47. The minimum Gasteiger partial charge on any atom is -0.343 e. The zero-order chi connectivity index (χ0) is 22.9. The Morgan fingerprint density at radius 1 is 1.03 bits per heavy atom. The fraction of sp³-hybridized carbons (Fsp3) is 0.708. The Labute approximate surface area is 193 Å². The minimum atomic E-state index is -3.41. The zero-order valence-corrected chi connectivity index (χ0v) is 20.4. The van der Waals surface area contributed by atoms with Crippen molar-refractivity contribution in [3.63, 3.8) is 0 Å². The highest BCUT2D eigenvalue weighted by molar-refractivity contribution is 7.89. The van der Waals surface area contributed by atoms with Gasteiger partial charge in [0.05, 0.1) is 10.8 Å². The average Bonchev–Trinajstić information content (AvgIpc) is 3.15. The van der Waals surface area contributed by atoms with Gasteiger partial charge in [0.2, 0.25) is 15.9 Å². The van der Waals surface area contributed by atoms with E-state index in [9.17, 15) is 13.2 Å². The number of carbonyl (C=O) groups excluding carboxylic acids is 1. The molecule has 1 aromatic carbocycles. The van der Waals surface area contributed by atoms with Crippen molar-refractivity contribution in [3.8, 4) is 0 Å². The molecular formula is C24H38N4O3S. The molecule has 7 nitrogen and oxygen atoms in total. The first kappa shape index (κ1) is 23.7. The standard InChI is InChI=1S/C24H38N4O3S/c1-4-26(5-2)24(29)23-18(3)25-28-16-13-20(17-22(23)28)19-11-14-27(15-12-19)32(30,31)21-9-7-6-8-10-21/h6-10,18-20,22-23,25H,4-5,11-17H2,1-3H3. The van der Waals surface area contributed by atoms with Crippen LogP contribution in [0.25, 0.3) is 0 Å². The fourth-order valence-corrected chi connectivity index (χ4v) is 7.57. The summed E-state index contributed by atoms with van der Waals surface area (Å²) < 4.78 is 27.6. The highest BCUT2D eigenvalue weighted by Gasteiger charge is 2.48. The molecule has 178 valence electrons. The molecule has 0 radical (unpaired) electrons. The van der Waals surface area contributed by atoms with Crippen molar-refractivity contribution >= 4 is 15.9 Å².